The number of amides is 1. The average Bonchev–Trinajstić information content (AvgIpc) is 3.11. The molecule has 0 heterocycles. The number of allylic oxidation sites excluding steroid dienone is 5. The maximum atomic E-state index is 12.4. The van der Waals surface area contributed by atoms with Crippen LogP contribution >= 0.6 is 0 Å². The molecule has 0 saturated carbocycles. The van der Waals surface area contributed by atoms with Gasteiger partial charge in [-0.05, 0) is 44.9 Å². The summed E-state index contributed by atoms with van der Waals surface area (Å²) in [5, 5.41) is 33.1. The normalized spacial score (nSPS) is 14.0. The second-order valence-electron chi connectivity index (χ2n) is 14.5. The van der Waals surface area contributed by atoms with Crippen molar-refractivity contribution in [2.24, 2.45) is 0 Å². The largest absolute Gasteiger partial charge is 0.394 e. The van der Waals surface area contributed by atoms with Crippen molar-refractivity contribution >= 4 is 5.91 Å². The molecular formula is C44H83NO4. The fourth-order valence-corrected chi connectivity index (χ4v) is 6.33. The van der Waals surface area contributed by atoms with E-state index in [9.17, 15) is 20.1 Å². The van der Waals surface area contributed by atoms with Crippen LogP contribution in [0, 0.1) is 0 Å². The molecule has 0 aromatic rings. The lowest BCUT2D eigenvalue weighted by molar-refractivity contribution is -0.131. The van der Waals surface area contributed by atoms with E-state index in [0.717, 1.165) is 44.9 Å². The molecule has 0 spiro atoms. The van der Waals surface area contributed by atoms with Crippen LogP contribution in [0.1, 0.15) is 213 Å². The molecule has 5 nitrogen and oxygen atoms in total. The fourth-order valence-electron chi connectivity index (χ4n) is 6.33. The summed E-state index contributed by atoms with van der Waals surface area (Å²) in [7, 11) is 0. The Labute approximate surface area is 304 Å². The van der Waals surface area contributed by atoms with Crippen molar-refractivity contribution in [2.75, 3.05) is 6.61 Å². The summed E-state index contributed by atoms with van der Waals surface area (Å²) in [5.41, 5.74) is 0. The van der Waals surface area contributed by atoms with Crippen molar-refractivity contribution in [3.05, 3.63) is 36.5 Å². The molecule has 0 rings (SSSR count). The highest BCUT2D eigenvalue weighted by Gasteiger charge is 2.22. The molecule has 1 amide bonds. The van der Waals surface area contributed by atoms with Gasteiger partial charge in [-0.25, -0.2) is 0 Å². The molecule has 0 radical (unpaired) electrons. The van der Waals surface area contributed by atoms with E-state index in [2.05, 4.69) is 43.5 Å². The first-order valence-corrected chi connectivity index (χ1v) is 21.3. The van der Waals surface area contributed by atoms with Gasteiger partial charge < -0.3 is 20.6 Å². The van der Waals surface area contributed by atoms with Crippen LogP contribution in [0.3, 0.4) is 0 Å². The molecule has 288 valence electrons. The summed E-state index contributed by atoms with van der Waals surface area (Å²) < 4.78 is 0. The van der Waals surface area contributed by atoms with Crippen LogP contribution in [0.25, 0.3) is 0 Å². The minimum absolute atomic E-state index is 0.379. The summed E-state index contributed by atoms with van der Waals surface area (Å²) in [4.78, 5) is 12.4. The molecule has 0 aliphatic rings. The lowest BCUT2D eigenvalue weighted by Crippen LogP contribution is -2.48. The average molecular weight is 690 g/mol. The lowest BCUT2D eigenvalue weighted by Gasteiger charge is -2.21. The van der Waals surface area contributed by atoms with Crippen molar-refractivity contribution in [1.29, 1.82) is 0 Å². The third-order valence-corrected chi connectivity index (χ3v) is 9.71. The summed E-state index contributed by atoms with van der Waals surface area (Å²) in [6.07, 6.45) is 48.8. The predicted octanol–water partition coefficient (Wildman–Crippen LogP) is 12.0. The molecule has 0 bridgehead atoms. The smallest absolute Gasteiger partial charge is 0.249 e. The van der Waals surface area contributed by atoms with Gasteiger partial charge >= 0.3 is 0 Å². The van der Waals surface area contributed by atoms with Crippen LogP contribution < -0.4 is 5.32 Å². The highest BCUT2D eigenvalue weighted by Crippen LogP contribution is 2.15. The van der Waals surface area contributed by atoms with Gasteiger partial charge in [0.15, 0.2) is 0 Å². The van der Waals surface area contributed by atoms with Crippen LogP contribution in [0.2, 0.25) is 0 Å². The molecule has 0 aliphatic heterocycles. The quantitative estimate of drug-likeness (QED) is 0.0384. The van der Waals surface area contributed by atoms with Gasteiger partial charge in [0.2, 0.25) is 5.91 Å². The molecule has 4 N–H and O–H groups in total. The minimum Gasteiger partial charge on any atom is -0.394 e. The Balaban J connectivity index is 3.75. The number of nitrogens with one attached hydrogen (secondary N) is 1. The molecule has 3 unspecified atom stereocenters. The third-order valence-electron chi connectivity index (χ3n) is 9.71. The summed E-state index contributed by atoms with van der Waals surface area (Å²) in [6, 6.07) is -0.818. The van der Waals surface area contributed by atoms with Gasteiger partial charge in [-0.2, -0.15) is 0 Å². The van der Waals surface area contributed by atoms with Gasteiger partial charge in [0.25, 0.3) is 0 Å². The number of rotatable bonds is 38. The Hall–Kier alpha value is -1.43. The van der Waals surface area contributed by atoms with Crippen molar-refractivity contribution in [3.8, 4) is 0 Å². The van der Waals surface area contributed by atoms with E-state index in [1.807, 2.05) is 6.08 Å². The van der Waals surface area contributed by atoms with Crippen LogP contribution in [0.4, 0.5) is 0 Å². The molecule has 3 atom stereocenters. The standard InChI is InChI=1S/C44H83NO4/c1-3-5-7-9-11-13-15-17-19-21-23-24-26-28-30-32-34-36-38-42(47)41(40-46)45-44(49)43(48)39-37-35-33-31-29-27-25-22-20-18-16-14-12-10-8-6-4-2/h21,23,28,30,36,38,41-43,46-48H,3-20,22,24-27,29,31-35,37,39-40H2,1-2H3,(H,45,49)/b23-21+,30-28+,38-36+. The minimum atomic E-state index is -1.10. The van der Waals surface area contributed by atoms with E-state index in [1.165, 1.54) is 148 Å². The van der Waals surface area contributed by atoms with E-state index in [4.69, 9.17) is 0 Å². The van der Waals surface area contributed by atoms with E-state index >= 15 is 0 Å². The molecule has 0 aromatic heterocycles. The second kappa shape index (κ2) is 39.4. The highest BCUT2D eigenvalue weighted by molar-refractivity contribution is 5.80. The molecule has 49 heavy (non-hydrogen) atoms. The number of hydrogen-bond donors (Lipinski definition) is 4. The topological polar surface area (TPSA) is 89.8 Å². The maximum Gasteiger partial charge on any atom is 0.249 e. The monoisotopic (exact) mass is 690 g/mol. The molecule has 5 heteroatoms. The highest BCUT2D eigenvalue weighted by atomic mass is 16.3. The predicted molar refractivity (Wildman–Crippen MR) is 213 cm³/mol. The van der Waals surface area contributed by atoms with Gasteiger partial charge in [0.05, 0.1) is 18.8 Å². The number of aliphatic hydroxyl groups excluding tert-OH is 3. The van der Waals surface area contributed by atoms with Crippen molar-refractivity contribution in [3.63, 3.8) is 0 Å². The van der Waals surface area contributed by atoms with E-state index in [0.29, 0.717) is 6.42 Å². The Morgan fingerprint density at radius 3 is 1.24 bits per heavy atom. The van der Waals surface area contributed by atoms with Gasteiger partial charge in [0.1, 0.15) is 6.10 Å². The Kier molecular flexibility index (Phi) is 38.2. The van der Waals surface area contributed by atoms with Crippen LogP contribution in [-0.2, 0) is 4.79 Å². The van der Waals surface area contributed by atoms with E-state index < -0.39 is 24.2 Å². The summed E-state index contributed by atoms with van der Waals surface area (Å²) in [6.45, 7) is 4.16. The zero-order valence-corrected chi connectivity index (χ0v) is 32.6. The zero-order chi connectivity index (χ0) is 35.9. The van der Waals surface area contributed by atoms with Gasteiger partial charge in [0, 0.05) is 0 Å². The summed E-state index contributed by atoms with van der Waals surface area (Å²) >= 11 is 0. The van der Waals surface area contributed by atoms with Crippen LogP contribution in [-0.4, -0.2) is 46.1 Å². The van der Waals surface area contributed by atoms with Gasteiger partial charge in [-0.15, -0.1) is 0 Å². The lowest BCUT2D eigenvalue weighted by atomic mass is 10.0. The third kappa shape index (κ3) is 34.8. The second-order valence-corrected chi connectivity index (χ2v) is 14.5. The van der Waals surface area contributed by atoms with Crippen molar-refractivity contribution in [1.82, 2.24) is 5.32 Å². The number of carbonyl (C=O) groups excluding carboxylic acids is 1. The Morgan fingerprint density at radius 1 is 0.490 bits per heavy atom. The van der Waals surface area contributed by atoms with Crippen LogP contribution in [0.15, 0.2) is 36.5 Å². The van der Waals surface area contributed by atoms with Crippen LogP contribution in [0.5, 0.6) is 0 Å². The van der Waals surface area contributed by atoms with Crippen molar-refractivity contribution < 1.29 is 20.1 Å². The van der Waals surface area contributed by atoms with E-state index in [-0.39, 0.29) is 6.61 Å². The Bertz CT molecular complexity index is 764. The number of aliphatic hydroxyl groups is 3. The Morgan fingerprint density at radius 2 is 0.837 bits per heavy atom. The van der Waals surface area contributed by atoms with Gasteiger partial charge in [-0.3, -0.25) is 4.79 Å². The fraction of sp³-hybridized carbons (Fsp3) is 0.841. The molecule has 0 fully saturated rings. The zero-order valence-electron chi connectivity index (χ0n) is 32.6. The number of carbonyl (C=O) groups is 1. The maximum absolute atomic E-state index is 12.4. The van der Waals surface area contributed by atoms with E-state index in [1.54, 1.807) is 6.08 Å². The van der Waals surface area contributed by atoms with Crippen molar-refractivity contribution in [2.45, 2.75) is 231 Å². The first kappa shape index (κ1) is 47.6. The van der Waals surface area contributed by atoms with Gasteiger partial charge in [-0.1, -0.05) is 204 Å². The molecule has 0 saturated heterocycles. The molecule has 0 aliphatic carbocycles. The number of hydrogen-bond acceptors (Lipinski definition) is 4. The molecular weight excluding hydrogens is 606 g/mol. The summed E-state index contributed by atoms with van der Waals surface area (Å²) in [5.74, 6) is -0.516. The SMILES string of the molecule is CCCCCCCCCC/C=C/CC/C=C/CC/C=C/C(O)C(CO)NC(=O)C(O)CCCCCCCCCCCCCCCCCCC. The molecule has 0 aromatic carbocycles. The first-order chi connectivity index (χ1) is 24.1. The first-order valence-electron chi connectivity index (χ1n) is 21.3. The number of unbranched alkanes of at least 4 members (excludes halogenated alkanes) is 26.